The molecule has 0 bridgehead atoms. The predicted octanol–water partition coefficient (Wildman–Crippen LogP) is 2.46. The van der Waals surface area contributed by atoms with E-state index in [1.165, 1.54) is 23.4 Å². The Morgan fingerprint density at radius 2 is 2.00 bits per heavy atom. The van der Waals surface area contributed by atoms with Gasteiger partial charge < -0.3 is 10.1 Å². The van der Waals surface area contributed by atoms with Crippen LogP contribution in [-0.2, 0) is 9.53 Å². The number of hydrogen-bond acceptors (Lipinski definition) is 3. The van der Waals surface area contributed by atoms with Crippen LogP contribution in [0.1, 0.15) is 17.9 Å². The molecular formula is C16H17NO2. The van der Waals surface area contributed by atoms with E-state index in [-0.39, 0.29) is 17.9 Å². The lowest BCUT2D eigenvalue weighted by molar-refractivity contribution is -0.143. The Hall–Kier alpha value is -1.87. The molecule has 0 amide bonds. The number of carbonyl (C=O) groups excluding carboxylic acids is 1. The van der Waals surface area contributed by atoms with Gasteiger partial charge in [-0.25, -0.2) is 0 Å². The van der Waals surface area contributed by atoms with Gasteiger partial charge in [0.15, 0.2) is 0 Å². The molecule has 1 saturated heterocycles. The molecule has 0 radical (unpaired) electrons. The molecule has 0 aliphatic carbocycles. The summed E-state index contributed by atoms with van der Waals surface area (Å²) in [6, 6.07) is 14.5. The van der Waals surface area contributed by atoms with E-state index in [9.17, 15) is 4.79 Å². The molecule has 3 nitrogen and oxygen atoms in total. The topological polar surface area (TPSA) is 38.3 Å². The highest BCUT2D eigenvalue weighted by Crippen LogP contribution is 2.30. The Morgan fingerprint density at radius 1 is 1.21 bits per heavy atom. The van der Waals surface area contributed by atoms with Crippen LogP contribution < -0.4 is 5.32 Å². The van der Waals surface area contributed by atoms with Gasteiger partial charge in [-0.3, -0.25) is 4.79 Å². The third-order valence-corrected chi connectivity index (χ3v) is 3.88. The summed E-state index contributed by atoms with van der Waals surface area (Å²) in [7, 11) is 1.44. The quantitative estimate of drug-likeness (QED) is 0.838. The number of fused-ring (bicyclic) bond motifs is 1. The highest BCUT2D eigenvalue weighted by Gasteiger charge is 2.34. The molecule has 2 aromatic rings. The molecule has 1 N–H and O–H groups in total. The number of rotatable bonds is 2. The maximum absolute atomic E-state index is 11.8. The van der Waals surface area contributed by atoms with E-state index in [1.54, 1.807) is 0 Å². The van der Waals surface area contributed by atoms with Gasteiger partial charge in [0, 0.05) is 5.92 Å². The minimum atomic E-state index is -0.217. The molecule has 0 aromatic heterocycles. The summed E-state index contributed by atoms with van der Waals surface area (Å²) in [5.41, 5.74) is 1.21. The van der Waals surface area contributed by atoms with Gasteiger partial charge in [0.25, 0.3) is 0 Å². The van der Waals surface area contributed by atoms with Gasteiger partial charge in [-0.1, -0.05) is 42.5 Å². The Kier molecular flexibility index (Phi) is 3.22. The molecule has 1 aliphatic rings. The van der Waals surface area contributed by atoms with Crippen LogP contribution >= 0.6 is 0 Å². The minimum absolute atomic E-state index is 0.171. The number of esters is 1. The normalized spacial score (nSPS) is 22.6. The number of carbonyl (C=O) groups is 1. The summed E-state index contributed by atoms with van der Waals surface area (Å²) in [4.78, 5) is 11.8. The van der Waals surface area contributed by atoms with E-state index in [0.717, 1.165) is 13.0 Å². The van der Waals surface area contributed by atoms with Crippen LogP contribution in [0.5, 0.6) is 0 Å². The van der Waals surface area contributed by atoms with E-state index < -0.39 is 0 Å². The minimum Gasteiger partial charge on any atom is -0.468 e. The van der Waals surface area contributed by atoms with Crippen LogP contribution in [-0.4, -0.2) is 25.7 Å². The monoisotopic (exact) mass is 255 g/mol. The van der Waals surface area contributed by atoms with Crippen molar-refractivity contribution in [3.8, 4) is 0 Å². The molecule has 1 heterocycles. The average molecular weight is 255 g/mol. The largest absolute Gasteiger partial charge is 0.468 e. The van der Waals surface area contributed by atoms with Crippen LogP contribution in [0.4, 0.5) is 0 Å². The van der Waals surface area contributed by atoms with Crippen molar-refractivity contribution in [2.75, 3.05) is 13.7 Å². The van der Waals surface area contributed by atoms with E-state index >= 15 is 0 Å². The van der Waals surface area contributed by atoms with Crippen molar-refractivity contribution >= 4 is 16.7 Å². The van der Waals surface area contributed by atoms with E-state index in [0.29, 0.717) is 0 Å². The van der Waals surface area contributed by atoms with E-state index in [2.05, 4.69) is 35.6 Å². The van der Waals surface area contributed by atoms with Crippen molar-refractivity contribution in [1.29, 1.82) is 0 Å². The zero-order valence-electron chi connectivity index (χ0n) is 10.9. The average Bonchev–Trinajstić information content (AvgIpc) is 2.95. The maximum Gasteiger partial charge on any atom is 0.323 e. The number of methoxy groups -OCH3 is 1. The number of ether oxygens (including phenoxy) is 1. The van der Waals surface area contributed by atoms with Gasteiger partial charge in [-0.2, -0.15) is 0 Å². The van der Waals surface area contributed by atoms with Crippen molar-refractivity contribution < 1.29 is 9.53 Å². The summed E-state index contributed by atoms with van der Waals surface area (Å²) in [5.74, 6) is 0.0349. The molecule has 3 heteroatoms. The lowest BCUT2D eigenvalue weighted by Crippen LogP contribution is -2.35. The van der Waals surface area contributed by atoms with Crippen LogP contribution in [0.15, 0.2) is 42.5 Å². The third kappa shape index (κ3) is 2.22. The Balaban J connectivity index is 1.96. The lowest BCUT2D eigenvalue weighted by Gasteiger charge is -2.18. The van der Waals surface area contributed by atoms with Gasteiger partial charge in [0.05, 0.1) is 7.11 Å². The van der Waals surface area contributed by atoms with Crippen LogP contribution in [0, 0.1) is 0 Å². The zero-order valence-corrected chi connectivity index (χ0v) is 10.9. The molecule has 19 heavy (non-hydrogen) atoms. The van der Waals surface area contributed by atoms with Gasteiger partial charge in [0.2, 0.25) is 0 Å². The van der Waals surface area contributed by atoms with Gasteiger partial charge >= 0.3 is 5.97 Å². The molecule has 1 aliphatic heterocycles. The summed E-state index contributed by atoms with van der Waals surface area (Å²) in [5, 5.41) is 5.68. The van der Waals surface area contributed by atoms with Crippen molar-refractivity contribution in [1.82, 2.24) is 5.32 Å². The fourth-order valence-corrected chi connectivity index (χ4v) is 2.88. The molecule has 0 spiro atoms. The van der Waals surface area contributed by atoms with Crippen LogP contribution in [0.2, 0.25) is 0 Å². The van der Waals surface area contributed by atoms with E-state index in [4.69, 9.17) is 4.74 Å². The van der Waals surface area contributed by atoms with Crippen LogP contribution in [0.3, 0.4) is 0 Å². The molecule has 1 fully saturated rings. The van der Waals surface area contributed by atoms with Gasteiger partial charge in [-0.15, -0.1) is 0 Å². The highest BCUT2D eigenvalue weighted by molar-refractivity contribution is 5.84. The second-order valence-electron chi connectivity index (χ2n) is 4.96. The first-order valence-electron chi connectivity index (χ1n) is 6.59. The van der Waals surface area contributed by atoms with Crippen LogP contribution in [0.25, 0.3) is 10.8 Å². The van der Waals surface area contributed by atoms with Crippen molar-refractivity contribution in [3.05, 3.63) is 48.0 Å². The summed E-state index contributed by atoms with van der Waals surface area (Å²) in [6.07, 6.45) is 0.970. The van der Waals surface area contributed by atoms with Crippen molar-refractivity contribution in [2.24, 2.45) is 0 Å². The zero-order chi connectivity index (χ0) is 13.2. The Bertz CT molecular complexity index is 608. The number of benzene rings is 2. The molecule has 2 aromatic carbocycles. The van der Waals surface area contributed by atoms with Gasteiger partial charge in [0.1, 0.15) is 6.04 Å². The SMILES string of the molecule is COC(=O)[C@H]1NCCC1c1ccc2ccccc2c1. The first-order chi connectivity index (χ1) is 9.29. The van der Waals surface area contributed by atoms with Gasteiger partial charge in [-0.05, 0) is 29.3 Å². The third-order valence-electron chi connectivity index (χ3n) is 3.88. The first-order valence-corrected chi connectivity index (χ1v) is 6.59. The second kappa shape index (κ2) is 5.02. The molecule has 0 saturated carbocycles. The predicted molar refractivity (Wildman–Crippen MR) is 75.1 cm³/mol. The second-order valence-corrected chi connectivity index (χ2v) is 4.96. The first kappa shape index (κ1) is 12.2. The maximum atomic E-state index is 11.8. The summed E-state index contributed by atoms with van der Waals surface area (Å²) in [6.45, 7) is 0.858. The Morgan fingerprint density at radius 3 is 2.79 bits per heavy atom. The molecule has 98 valence electrons. The highest BCUT2D eigenvalue weighted by atomic mass is 16.5. The fraction of sp³-hybridized carbons (Fsp3) is 0.312. The fourth-order valence-electron chi connectivity index (χ4n) is 2.88. The number of hydrogen-bond donors (Lipinski definition) is 1. The molecular weight excluding hydrogens is 238 g/mol. The Labute approximate surface area is 112 Å². The molecule has 1 unspecified atom stereocenters. The summed E-state index contributed by atoms with van der Waals surface area (Å²) >= 11 is 0. The summed E-state index contributed by atoms with van der Waals surface area (Å²) < 4.78 is 4.87. The molecule has 3 rings (SSSR count). The van der Waals surface area contributed by atoms with Crippen molar-refractivity contribution in [3.63, 3.8) is 0 Å². The van der Waals surface area contributed by atoms with Crippen molar-refractivity contribution in [2.45, 2.75) is 18.4 Å². The smallest absolute Gasteiger partial charge is 0.323 e. The number of nitrogens with one attached hydrogen (secondary N) is 1. The standard InChI is InChI=1S/C16H17NO2/c1-19-16(18)15-14(8-9-17-15)13-7-6-11-4-2-3-5-12(11)10-13/h2-7,10,14-15,17H,8-9H2,1H3/t14?,15-/m0/s1. The van der Waals surface area contributed by atoms with E-state index in [1.807, 2.05) is 12.1 Å². The lowest BCUT2D eigenvalue weighted by atomic mass is 9.90. The molecule has 2 atom stereocenters.